The molecule has 1 fully saturated rings. The van der Waals surface area contributed by atoms with Gasteiger partial charge in [0.25, 0.3) is 0 Å². The topological polar surface area (TPSA) is 133 Å². The van der Waals surface area contributed by atoms with Gasteiger partial charge in [-0.3, -0.25) is 25.0 Å². The van der Waals surface area contributed by atoms with Crippen LogP contribution in [0.4, 0.5) is 14.9 Å². The number of aromatic nitrogens is 4. The average Bonchev–Trinajstić information content (AvgIpc) is 3.66. The van der Waals surface area contributed by atoms with Gasteiger partial charge in [-0.15, -0.1) is 5.10 Å². The minimum Gasteiger partial charge on any atom is -0.442 e. The number of nitrogens with one attached hydrogen (secondary N) is 2. The second-order valence-electron chi connectivity index (χ2n) is 8.73. The van der Waals surface area contributed by atoms with Crippen molar-refractivity contribution >= 4 is 23.4 Å². The van der Waals surface area contributed by atoms with Crippen LogP contribution in [0.5, 0.6) is 0 Å². The highest BCUT2D eigenvalue weighted by Crippen LogP contribution is 2.30. The van der Waals surface area contributed by atoms with Crippen molar-refractivity contribution < 1.29 is 28.3 Å². The van der Waals surface area contributed by atoms with Crippen LogP contribution in [0.25, 0.3) is 16.8 Å². The van der Waals surface area contributed by atoms with Gasteiger partial charge in [-0.25, -0.2) is 13.9 Å². The lowest BCUT2D eigenvalue weighted by atomic mass is 10.1. The van der Waals surface area contributed by atoms with Gasteiger partial charge in [-0.05, 0) is 30.3 Å². The number of anilines is 1. The molecule has 1 aromatic carbocycles. The van der Waals surface area contributed by atoms with Crippen LogP contribution in [0.1, 0.15) is 12.6 Å². The number of hydroxylamine groups is 1. The van der Waals surface area contributed by atoms with Crippen molar-refractivity contribution in [1.29, 1.82) is 0 Å². The third kappa shape index (κ3) is 5.95. The molecule has 13 heteroatoms. The Hall–Kier alpha value is -4.36. The van der Waals surface area contributed by atoms with Gasteiger partial charge in [0, 0.05) is 37.0 Å². The molecule has 1 saturated heterocycles. The molecule has 0 saturated carbocycles. The summed E-state index contributed by atoms with van der Waals surface area (Å²) >= 11 is 0. The maximum Gasteiger partial charge on any atom is 0.414 e. The average molecular weight is 524 g/mol. The smallest absolute Gasteiger partial charge is 0.414 e. The highest BCUT2D eigenvalue weighted by Gasteiger charge is 2.33. The summed E-state index contributed by atoms with van der Waals surface area (Å²) in [5, 5.41) is 10.3. The molecule has 2 amide bonds. The Kier molecular flexibility index (Phi) is 7.56. The molecule has 38 heavy (non-hydrogen) atoms. The second-order valence-corrected chi connectivity index (χ2v) is 8.73. The first-order valence-corrected chi connectivity index (χ1v) is 12.0. The van der Waals surface area contributed by atoms with E-state index in [1.54, 1.807) is 47.5 Å². The Balaban J connectivity index is 1.19. The second kappa shape index (κ2) is 11.4. The van der Waals surface area contributed by atoms with E-state index < -0.39 is 18.0 Å². The van der Waals surface area contributed by atoms with E-state index in [2.05, 4.69) is 26.1 Å². The number of carbonyl (C=O) groups excluding carboxylic acids is 2. The molecule has 3 aromatic rings. The van der Waals surface area contributed by atoms with Gasteiger partial charge in [0.15, 0.2) is 0 Å². The van der Waals surface area contributed by atoms with Crippen molar-refractivity contribution in [1.82, 2.24) is 30.8 Å². The van der Waals surface area contributed by atoms with Gasteiger partial charge in [0.05, 0.1) is 49.6 Å². The molecule has 4 heterocycles. The van der Waals surface area contributed by atoms with E-state index in [-0.39, 0.29) is 18.6 Å². The summed E-state index contributed by atoms with van der Waals surface area (Å²) in [6.45, 7) is 3.22. The highest BCUT2D eigenvalue weighted by molar-refractivity contribution is 5.90. The number of carbonyl (C=O) groups is 2. The fourth-order valence-corrected chi connectivity index (χ4v) is 4.10. The molecule has 0 bridgehead atoms. The molecule has 0 unspecified atom stereocenters. The molecule has 2 atom stereocenters. The molecule has 12 nitrogen and oxygen atoms in total. The predicted octanol–water partition coefficient (Wildman–Crippen LogP) is 1.90. The number of benzene rings is 1. The van der Waals surface area contributed by atoms with Gasteiger partial charge >= 0.3 is 6.09 Å². The van der Waals surface area contributed by atoms with E-state index in [0.717, 1.165) is 0 Å². The van der Waals surface area contributed by atoms with Gasteiger partial charge in [0.1, 0.15) is 18.0 Å². The number of pyridine rings is 1. The standard InChI is InChI=1S/C25H26FN7O5/c1-16(34)27-7-9-36-15-19-11-24(30-38-19)23-5-2-17(12-28-23)21-4-3-18(10-22(21)26)33-14-20(37-25(33)35)13-32-8-6-29-31-32/h2-6,8,10-12,19-20,30H,7,9,13-15H2,1H3,(H,27,34)/t19-,20-/m0/s1. The van der Waals surface area contributed by atoms with Crippen LogP contribution >= 0.6 is 0 Å². The van der Waals surface area contributed by atoms with Crippen molar-refractivity contribution in [2.45, 2.75) is 25.7 Å². The third-order valence-corrected chi connectivity index (χ3v) is 5.93. The lowest BCUT2D eigenvalue weighted by Crippen LogP contribution is -2.26. The van der Waals surface area contributed by atoms with E-state index in [9.17, 15) is 9.59 Å². The Morgan fingerprint density at radius 1 is 1.32 bits per heavy atom. The molecule has 2 aliphatic heterocycles. The van der Waals surface area contributed by atoms with E-state index in [0.29, 0.717) is 54.5 Å². The first kappa shape index (κ1) is 25.3. The number of rotatable bonds is 10. The lowest BCUT2D eigenvalue weighted by molar-refractivity contribution is -0.119. The van der Waals surface area contributed by atoms with Crippen molar-refractivity contribution in [3.63, 3.8) is 0 Å². The zero-order valence-corrected chi connectivity index (χ0v) is 20.5. The number of nitrogens with zero attached hydrogens (tertiary/aromatic N) is 5. The summed E-state index contributed by atoms with van der Waals surface area (Å²) in [5.74, 6) is -0.590. The first-order valence-electron chi connectivity index (χ1n) is 12.0. The fraction of sp³-hybridized carbons (Fsp3) is 0.320. The zero-order valence-electron chi connectivity index (χ0n) is 20.5. The summed E-state index contributed by atoms with van der Waals surface area (Å²) < 4.78 is 27.5. The minimum atomic E-state index is -0.538. The normalized spacial score (nSPS) is 18.7. The quantitative estimate of drug-likeness (QED) is 0.382. The van der Waals surface area contributed by atoms with E-state index in [1.807, 2.05) is 6.08 Å². The first-order chi connectivity index (χ1) is 18.5. The number of ether oxygens (including phenoxy) is 2. The van der Waals surface area contributed by atoms with Crippen LogP contribution in [0.2, 0.25) is 0 Å². The number of cyclic esters (lactones) is 1. The highest BCUT2D eigenvalue weighted by atomic mass is 19.1. The molecular weight excluding hydrogens is 497 g/mol. The molecule has 5 rings (SSSR count). The van der Waals surface area contributed by atoms with Crippen molar-refractivity contribution in [3.8, 4) is 11.1 Å². The van der Waals surface area contributed by atoms with Gasteiger partial charge in [-0.1, -0.05) is 11.3 Å². The summed E-state index contributed by atoms with van der Waals surface area (Å²) in [7, 11) is 0. The number of hydrogen-bond donors (Lipinski definition) is 2. The Bertz CT molecular complexity index is 1320. The van der Waals surface area contributed by atoms with Crippen LogP contribution in [-0.4, -0.2) is 70.5 Å². The third-order valence-electron chi connectivity index (χ3n) is 5.93. The Morgan fingerprint density at radius 2 is 2.21 bits per heavy atom. The molecule has 0 aliphatic carbocycles. The minimum absolute atomic E-state index is 0.107. The Labute approximate surface area is 217 Å². The molecular formula is C25H26FN7O5. The van der Waals surface area contributed by atoms with Crippen LogP contribution in [0.3, 0.4) is 0 Å². The number of amides is 2. The fourth-order valence-electron chi connectivity index (χ4n) is 4.10. The zero-order chi connectivity index (χ0) is 26.5. The van der Waals surface area contributed by atoms with Gasteiger partial charge in [0.2, 0.25) is 5.91 Å². The van der Waals surface area contributed by atoms with E-state index >= 15 is 4.39 Å². The molecule has 2 aliphatic rings. The molecule has 198 valence electrons. The maximum atomic E-state index is 15.1. The monoisotopic (exact) mass is 523 g/mol. The number of halogens is 1. The molecule has 0 radical (unpaired) electrons. The molecule has 2 aromatic heterocycles. The summed E-state index contributed by atoms with van der Waals surface area (Å²) in [4.78, 5) is 34.5. The SMILES string of the molecule is CC(=O)NCCOC[C@@H]1C=C(c2ccc(-c3ccc(N4C[C@H](Cn5ccnn5)OC4=O)cc3F)cn2)NO1. The Morgan fingerprint density at radius 3 is 2.95 bits per heavy atom. The van der Waals surface area contributed by atoms with Crippen molar-refractivity contribution in [2.75, 3.05) is 31.2 Å². The summed E-state index contributed by atoms with van der Waals surface area (Å²) in [6.07, 6.45) is 5.39. The van der Waals surface area contributed by atoms with E-state index in [1.165, 1.54) is 17.9 Å². The van der Waals surface area contributed by atoms with E-state index in [4.69, 9.17) is 14.3 Å². The van der Waals surface area contributed by atoms with Crippen LogP contribution in [0, 0.1) is 5.82 Å². The van der Waals surface area contributed by atoms with Crippen LogP contribution < -0.4 is 15.7 Å². The molecule has 2 N–H and O–H groups in total. The summed E-state index contributed by atoms with van der Waals surface area (Å²) in [6, 6.07) is 8.13. The van der Waals surface area contributed by atoms with Crippen molar-refractivity contribution in [2.24, 2.45) is 0 Å². The largest absolute Gasteiger partial charge is 0.442 e. The van der Waals surface area contributed by atoms with Crippen molar-refractivity contribution in [3.05, 3.63) is 66.5 Å². The molecule has 0 spiro atoms. The summed E-state index contributed by atoms with van der Waals surface area (Å²) in [5.41, 5.74) is 5.49. The van der Waals surface area contributed by atoms with Crippen LogP contribution in [-0.2, 0) is 25.7 Å². The van der Waals surface area contributed by atoms with Crippen LogP contribution in [0.15, 0.2) is 55.0 Å². The lowest BCUT2D eigenvalue weighted by Gasteiger charge is -2.14. The van der Waals surface area contributed by atoms with Gasteiger partial charge < -0.3 is 14.8 Å². The number of hydrogen-bond acceptors (Lipinski definition) is 9. The maximum absolute atomic E-state index is 15.1. The van der Waals surface area contributed by atoms with Gasteiger partial charge in [-0.2, -0.15) is 0 Å². The predicted molar refractivity (Wildman–Crippen MR) is 133 cm³/mol.